The van der Waals surface area contributed by atoms with E-state index in [2.05, 4.69) is 26.0 Å². The van der Waals surface area contributed by atoms with Crippen molar-refractivity contribution in [1.29, 1.82) is 0 Å². The maximum absolute atomic E-state index is 12.5. The van der Waals surface area contributed by atoms with Crippen molar-refractivity contribution in [1.82, 2.24) is 24.6 Å². The van der Waals surface area contributed by atoms with Crippen LogP contribution in [0.5, 0.6) is 0 Å². The van der Waals surface area contributed by atoms with Gasteiger partial charge < -0.3 is 9.88 Å². The predicted molar refractivity (Wildman–Crippen MR) is 105 cm³/mol. The van der Waals surface area contributed by atoms with Gasteiger partial charge in [0.05, 0.1) is 23.1 Å². The van der Waals surface area contributed by atoms with Crippen molar-refractivity contribution < 1.29 is 4.79 Å². The quantitative estimate of drug-likeness (QED) is 0.537. The minimum atomic E-state index is -0.0924. The van der Waals surface area contributed by atoms with Crippen LogP contribution in [0, 0.1) is 6.92 Å². The van der Waals surface area contributed by atoms with Gasteiger partial charge in [-0.05, 0) is 43.7 Å². The van der Waals surface area contributed by atoms with Crippen LogP contribution >= 0.6 is 0 Å². The van der Waals surface area contributed by atoms with Gasteiger partial charge in [0, 0.05) is 30.9 Å². The van der Waals surface area contributed by atoms with Crippen molar-refractivity contribution in [2.75, 3.05) is 6.54 Å². The van der Waals surface area contributed by atoms with Crippen LogP contribution in [-0.4, -0.2) is 31.8 Å². The number of para-hydroxylation sites is 1. The van der Waals surface area contributed by atoms with Crippen LogP contribution in [0.1, 0.15) is 22.5 Å². The van der Waals surface area contributed by atoms with E-state index in [0.717, 1.165) is 35.4 Å². The Morgan fingerprint density at radius 2 is 1.96 bits per heavy atom. The first kappa shape index (κ1) is 17.0. The Labute approximate surface area is 157 Å². The Morgan fingerprint density at radius 3 is 2.81 bits per heavy atom. The van der Waals surface area contributed by atoms with Crippen molar-refractivity contribution >= 4 is 16.9 Å². The third kappa shape index (κ3) is 3.46. The van der Waals surface area contributed by atoms with Gasteiger partial charge in [-0.3, -0.25) is 4.79 Å². The molecule has 0 aliphatic heterocycles. The Hall–Kier alpha value is -3.41. The summed E-state index contributed by atoms with van der Waals surface area (Å²) >= 11 is 0. The summed E-state index contributed by atoms with van der Waals surface area (Å²) in [6.45, 7) is 3.32. The van der Waals surface area contributed by atoms with E-state index in [-0.39, 0.29) is 5.91 Å². The molecule has 136 valence electrons. The molecule has 27 heavy (non-hydrogen) atoms. The number of nitrogens with zero attached hydrogens (tertiary/aromatic N) is 4. The SMILES string of the molecule is Cc1c(C(=O)NCCCn2ccc3cccnc32)cnn1-c1ccccc1. The summed E-state index contributed by atoms with van der Waals surface area (Å²) in [5.74, 6) is -0.0924. The largest absolute Gasteiger partial charge is 0.352 e. The minimum absolute atomic E-state index is 0.0924. The molecule has 4 aromatic rings. The van der Waals surface area contributed by atoms with Crippen molar-refractivity contribution in [3.63, 3.8) is 0 Å². The van der Waals surface area contributed by atoms with E-state index in [1.807, 2.05) is 55.6 Å². The van der Waals surface area contributed by atoms with E-state index in [1.165, 1.54) is 0 Å². The van der Waals surface area contributed by atoms with Crippen molar-refractivity contribution in [3.05, 3.63) is 78.4 Å². The first-order valence-corrected chi connectivity index (χ1v) is 9.02. The average molecular weight is 359 g/mol. The Morgan fingerprint density at radius 1 is 1.11 bits per heavy atom. The number of carbonyl (C=O) groups excluding carboxylic acids is 1. The second kappa shape index (κ2) is 7.45. The van der Waals surface area contributed by atoms with E-state index in [9.17, 15) is 4.79 Å². The molecule has 4 rings (SSSR count). The van der Waals surface area contributed by atoms with Gasteiger partial charge >= 0.3 is 0 Å². The number of fused-ring (bicyclic) bond motifs is 1. The molecule has 6 heteroatoms. The normalized spacial score (nSPS) is 11.0. The van der Waals surface area contributed by atoms with Crippen molar-refractivity contribution in [2.45, 2.75) is 19.9 Å². The fourth-order valence-electron chi connectivity index (χ4n) is 3.21. The number of hydrogen-bond acceptors (Lipinski definition) is 3. The molecule has 0 spiro atoms. The maximum Gasteiger partial charge on any atom is 0.254 e. The molecular weight excluding hydrogens is 338 g/mol. The molecule has 6 nitrogen and oxygen atoms in total. The first-order chi connectivity index (χ1) is 13.2. The monoisotopic (exact) mass is 359 g/mol. The lowest BCUT2D eigenvalue weighted by molar-refractivity contribution is 0.0952. The molecule has 0 unspecified atom stereocenters. The molecule has 0 radical (unpaired) electrons. The van der Waals surface area contributed by atoms with Gasteiger partial charge in [0.2, 0.25) is 0 Å². The van der Waals surface area contributed by atoms with Crippen LogP contribution in [0.4, 0.5) is 0 Å². The summed E-state index contributed by atoms with van der Waals surface area (Å²) < 4.78 is 3.90. The number of pyridine rings is 1. The number of hydrogen-bond donors (Lipinski definition) is 1. The van der Waals surface area contributed by atoms with Gasteiger partial charge in [0.1, 0.15) is 5.65 Å². The van der Waals surface area contributed by atoms with Gasteiger partial charge in [0.25, 0.3) is 5.91 Å². The standard InChI is InChI=1S/C21H21N5O/c1-16-19(15-24-26(16)18-8-3-2-4-9-18)21(27)23-12-6-13-25-14-10-17-7-5-11-22-20(17)25/h2-5,7-11,14-15H,6,12-13H2,1H3,(H,23,27). The number of aromatic nitrogens is 4. The highest BCUT2D eigenvalue weighted by Gasteiger charge is 2.14. The third-order valence-corrected chi connectivity index (χ3v) is 4.64. The van der Waals surface area contributed by atoms with Crippen molar-refractivity contribution in [3.8, 4) is 5.69 Å². The highest BCUT2D eigenvalue weighted by molar-refractivity contribution is 5.95. The third-order valence-electron chi connectivity index (χ3n) is 4.64. The second-order valence-electron chi connectivity index (χ2n) is 6.43. The smallest absolute Gasteiger partial charge is 0.254 e. The Balaban J connectivity index is 1.35. The molecule has 0 atom stereocenters. The van der Waals surface area contributed by atoms with E-state index in [4.69, 9.17) is 0 Å². The maximum atomic E-state index is 12.5. The fourth-order valence-corrected chi connectivity index (χ4v) is 3.21. The molecule has 3 aromatic heterocycles. The summed E-state index contributed by atoms with van der Waals surface area (Å²) in [4.78, 5) is 16.9. The van der Waals surface area contributed by atoms with Crippen LogP contribution in [0.2, 0.25) is 0 Å². The number of benzene rings is 1. The topological polar surface area (TPSA) is 64.7 Å². The molecule has 1 N–H and O–H groups in total. The summed E-state index contributed by atoms with van der Waals surface area (Å²) in [6.07, 6.45) is 6.29. The number of amides is 1. The molecule has 0 saturated carbocycles. The molecule has 0 aliphatic rings. The van der Waals surface area contributed by atoms with E-state index >= 15 is 0 Å². The zero-order chi connectivity index (χ0) is 18.6. The summed E-state index contributed by atoms with van der Waals surface area (Å²) in [5.41, 5.74) is 3.36. The number of aryl methyl sites for hydroxylation is 1. The van der Waals surface area contributed by atoms with Gasteiger partial charge in [-0.1, -0.05) is 18.2 Å². The molecule has 0 bridgehead atoms. The minimum Gasteiger partial charge on any atom is -0.352 e. The summed E-state index contributed by atoms with van der Waals surface area (Å²) in [6, 6.07) is 15.8. The Bertz CT molecular complexity index is 1060. The van der Waals surface area contributed by atoms with Crippen molar-refractivity contribution in [2.24, 2.45) is 0 Å². The van der Waals surface area contributed by atoms with Crippen LogP contribution in [0.25, 0.3) is 16.7 Å². The fraction of sp³-hybridized carbons (Fsp3) is 0.190. The predicted octanol–water partition coefficient (Wildman–Crippen LogP) is 3.35. The van der Waals surface area contributed by atoms with Gasteiger partial charge in [-0.15, -0.1) is 0 Å². The first-order valence-electron chi connectivity index (χ1n) is 9.02. The lowest BCUT2D eigenvalue weighted by atomic mass is 10.2. The van der Waals surface area contributed by atoms with E-state index in [1.54, 1.807) is 17.1 Å². The highest BCUT2D eigenvalue weighted by Crippen LogP contribution is 2.14. The van der Waals surface area contributed by atoms with Crippen LogP contribution in [-0.2, 0) is 6.54 Å². The molecule has 0 saturated heterocycles. The lowest BCUT2D eigenvalue weighted by Gasteiger charge is -2.08. The molecule has 0 fully saturated rings. The molecule has 0 aliphatic carbocycles. The second-order valence-corrected chi connectivity index (χ2v) is 6.43. The van der Waals surface area contributed by atoms with Crippen LogP contribution in [0.3, 0.4) is 0 Å². The lowest BCUT2D eigenvalue weighted by Crippen LogP contribution is -2.25. The number of nitrogens with one attached hydrogen (secondary N) is 1. The number of carbonyl (C=O) groups is 1. The number of rotatable bonds is 6. The summed E-state index contributed by atoms with van der Waals surface area (Å²) in [7, 11) is 0. The molecule has 1 amide bonds. The van der Waals surface area contributed by atoms with Gasteiger partial charge in [-0.25, -0.2) is 9.67 Å². The average Bonchev–Trinajstić information content (AvgIpc) is 3.29. The zero-order valence-electron chi connectivity index (χ0n) is 15.2. The van der Waals surface area contributed by atoms with E-state index < -0.39 is 0 Å². The molecular formula is C21H21N5O. The molecule has 1 aromatic carbocycles. The molecule has 3 heterocycles. The van der Waals surface area contributed by atoms with Crippen LogP contribution in [0.15, 0.2) is 67.1 Å². The van der Waals surface area contributed by atoms with Gasteiger partial charge in [-0.2, -0.15) is 5.10 Å². The van der Waals surface area contributed by atoms with Gasteiger partial charge in [0.15, 0.2) is 0 Å². The van der Waals surface area contributed by atoms with Crippen LogP contribution < -0.4 is 5.32 Å². The Kier molecular flexibility index (Phi) is 4.70. The summed E-state index contributed by atoms with van der Waals surface area (Å²) in [5, 5.41) is 8.47. The van der Waals surface area contributed by atoms with E-state index in [0.29, 0.717) is 12.1 Å². The highest BCUT2D eigenvalue weighted by atomic mass is 16.1. The zero-order valence-corrected chi connectivity index (χ0v) is 15.2.